The first-order valence-electron chi connectivity index (χ1n) is 12.6. The molecular weight excluding hydrogens is 472 g/mol. The Bertz CT molecular complexity index is 1150. The smallest absolute Gasteiger partial charge is 0.289 e. The second kappa shape index (κ2) is 11.5. The van der Waals surface area contributed by atoms with Crippen molar-refractivity contribution in [1.29, 1.82) is 0 Å². The molecular formula is C27H34N6O2S. The lowest BCUT2D eigenvalue weighted by atomic mass is 10.2. The van der Waals surface area contributed by atoms with E-state index in [4.69, 9.17) is 9.40 Å². The van der Waals surface area contributed by atoms with E-state index in [9.17, 15) is 4.79 Å². The summed E-state index contributed by atoms with van der Waals surface area (Å²) in [5.41, 5.74) is 2.31. The van der Waals surface area contributed by atoms with Crippen LogP contribution < -0.4 is 4.90 Å². The lowest BCUT2D eigenvalue weighted by Crippen LogP contribution is -2.47. The molecule has 2 fully saturated rings. The Labute approximate surface area is 217 Å². The highest BCUT2D eigenvalue weighted by molar-refractivity contribution is 7.98. The molecule has 190 valence electrons. The monoisotopic (exact) mass is 506 g/mol. The average Bonchev–Trinajstić information content (AvgIpc) is 3.37. The van der Waals surface area contributed by atoms with Crippen molar-refractivity contribution in [3.8, 4) is 0 Å². The Kier molecular flexibility index (Phi) is 7.89. The molecule has 0 radical (unpaired) electrons. The number of thioether (sulfide) groups is 1. The zero-order chi connectivity index (χ0) is 24.9. The summed E-state index contributed by atoms with van der Waals surface area (Å²) in [6.45, 7) is 10.2. The Balaban J connectivity index is 1.15. The van der Waals surface area contributed by atoms with Crippen LogP contribution in [-0.4, -0.2) is 90.0 Å². The van der Waals surface area contributed by atoms with Crippen molar-refractivity contribution in [1.82, 2.24) is 24.7 Å². The molecule has 9 heteroatoms. The van der Waals surface area contributed by atoms with Gasteiger partial charge in [0.1, 0.15) is 11.6 Å². The molecule has 1 aromatic carbocycles. The van der Waals surface area contributed by atoms with Crippen molar-refractivity contribution in [2.24, 2.45) is 0 Å². The summed E-state index contributed by atoms with van der Waals surface area (Å²) in [7, 11) is 2.08. The molecule has 2 aliphatic rings. The molecule has 3 aromatic rings. The van der Waals surface area contributed by atoms with Gasteiger partial charge in [-0.05, 0) is 31.7 Å². The van der Waals surface area contributed by atoms with Gasteiger partial charge in [-0.3, -0.25) is 9.69 Å². The number of hydrogen-bond acceptors (Lipinski definition) is 8. The third kappa shape index (κ3) is 6.27. The van der Waals surface area contributed by atoms with Crippen molar-refractivity contribution >= 4 is 23.5 Å². The highest BCUT2D eigenvalue weighted by Gasteiger charge is 2.23. The standard InChI is InChI=1S/C27H34N6O2S/c1-21-18-25(32-16-12-31(13-17-32)19-22-6-4-3-5-7-22)29-27(28-21)36-20-23-8-9-24(35-23)26(34)33-14-10-30(2)11-15-33/h3-9,18H,10-17,19-20H2,1-2H3. The fourth-order valence-electron chi connectivity index (χ4n) is 4.60. The van der Waals surface area contributed by atoms with Crippen LogP contribution >= 0.6 is 11.8 Å². The van der Waals surface area contributed by atoms with Crippen LogP contribution in [0.5, 0.6) is 0 Å². The number of carbonyl (C=O) groups is 1. The molecule has 2 saturated heterocycles. The van der Waals surface area contributed by atoms with Crippen LogP contribution in [0.4, 0.5) is 5.82 Å². The van der Waals surface area contributed by atoms with Gasteiger partial charge in [-0.15, -0.1) is 0 Å². The predicted molar refractivity (Wildman–Crippen MR) is 142 cm³/mol. The van der Waals surface area contributed by atoms with Gasteiger partial charge in [0.15, 0.2) is 10.9 Å². The van der Waals surface area contributed by atoms with Gasteiger partial charge < -0.3 is 19.1 Å². The molecule has 0 N–H and O–H groups in total. The molecule has 0 bridgehead atoms. The number of rotatable bonds is 7. The topological polar surface area (TPSA) is 69.0 Å². The van der Waals surface area contributed by atoms with Crippen LogP contribution in [0.3, 0.4) is 0 Å². The van der Waals surface area contributed by atoms with Gasteiger partial charge in [-0.25, -0.2) is 9.97 Å². The van der Waals surface area contributed by atoms with Crippen molar-refractivity contribution in [2.45, 2.75) is 24.4 Å². The van der Waals surface area contributed by atoms with Gasteiger partial charge in [-0.1, -0.05) is 42.1 Å². The maximum Gasteiger partial charge on any atom is 0.289 e. The summed E-state index contributed by atoms with van der Waals surface area (Å²) in [5.74, 6) is 2.71. The average molecular weight is 507 g/mol. The minimum atomic E-state index is -0.0279. The van der Waals surface area contributed by atoms with Crippen molar-refractivity contribution in [3.63, 3.8) is 0 Å². The first-order chi connectivity index (χ1) is 17.5. The molecule has 2 aliphatic heterocycles. The minimum absolute atomic E-state index is 0.0279. The number of furan rings is 1. The van der Waals surface area contributed by atoms with Crippen LogP contribution in [0.2, 0.25) is 0 Å². The predicted octanol–water partition coefficient (Wildman–Crippen LogP) is 3.38. The maximum absolute atomic E-state index is 12.8. The van der Waals surface area contributed by atoms with E-state index in [1.54, 1.807) is 17.8 Å². The second-order valence-electron chi connectivity index (χ2n) is 9.55. The molecule has 5 rings (SSSR count). The number of nitrogens with zero attached hydrogens (tertiary/aromatic N) is 6. The quantitative estimate of drug-likeness (QED) is 0.357. The van der Waals surface area contributed by atoms with Crippen LogP contribution in [0.1, 0.15) is 27.6 Å². The molecule has 4 heterocycles. The third-order valence-corrected chi connectivity index (χ3v) is 7.64. The van der Waals surface area contributed by atoms with Crippen LogP contribution in [0.15, 0.2) is 58.1 Å². The first-order valence-corrected chi connectivity index (χ1v) is 13.6. The number of aromatic nitrogens is 2. The molecule has 0 unspecified atom stereocenters. The van der Waals surface area contributed by atoms with Gasteiger partial charge in [0.25, 0.3) is 5.91 Å². The van der Waals surface area contributed by atoms with Crippen molar-refractivity contribution in [2.75, 3.05) is 64.3 Å². The van der Waals surface area contributed by atoms with Crippen LogP contribution in [0, 0.1) is 6.92 Å². The molecule has 2 aromatic heterocycles. The number of likely N-dealkylation sites (N-methyl/N-ethyl adjacent to an activating group) is 1. The lowest BCUT2D eigenvalue weighted by Gasteiger charge is -2.35. The van der Waals surface area contributed by atoms with Crippen molar-refractivity contribution in [3.05, 3.63) is 71.3 Å². The number of carbonyl (C=O) groups excluding carboxylic acids is 1. The lowest BCUT2D eigenvalue weighted by molar-refractivity contribution is 0.0631. The van der Waals surface area contributed by atoms with E-state index >= 15 is 0 Å². The van der Waals surface area contributed by atoms with Gasteiger partial charge in [0.2, 0.25) is 0 Å². The fourth-order valence-corrected chi connectivity index (χ4v) is 5.39. The van der Waals surface area contributed by atoms with E-state index in [1.165, 1.54) is 5.56 Å². The number of piperazine rings is 2. The molecule has 0 spiro atoms. The van der Waals surface area contributed by atoms with Gasteiger partial charge in [-0.2, -0.15) is 0 Å². The third-order valence-electron chi connectivity index (χ3n) is 6.77. The first kappa shape index (κ1) is 24.8. The Morgan fingerprint density at radius 1 is 0.944 bits per heavy atom. The van der Waals surface area contributed by atoms with Crippen LogP contribution in [-0.2, 0) is 12.3 Å². The molecule has 36 heavy (non-hydrogen) atoms. The zero-order valence-corrected chi connectivity index (χ0v) is 21.9. The zero-order valence-electron chi connectivity index (χ0n) is 21.1. The van der Waals surface area contributed by atoms with E-state index < -0.39 is 0 Å². The summed E-state index contributed by atoms with van der Waals surface area (Å²) in [6, 6.07) is 16.4. The molecule has 0 aliphatic carbocycles. The van der Waals surface area contributed by atoms with Crippen molar-refractivity contribution < 1.29 is 9.21 Å². The Hall–Kier alpha value is -2.88. The van der Waals surface area contributed by atoms with E-state index in [-0.39, 0.29) is 5.91 Å². The Morgan fingerprint density at radius 2 is 1.69 bits per heavy atom. The van der Waals surface area contributed by atoms with Gasteiger partial charge in [0.05, 0.1) is 5.75 Å². The number of anilines is 1. The summed E-state index contributed by atoms with van der Waals surface area (Å²) in [4.78, 5) is 31.2. The number of amides is 1. The number of hydrogen-bond donors (Lipinski definition) is 0. The maximum atomic E-state index is 12.8. The largest absolute Gasteiger partial charge is 0.455 e. The van der Waals surface area contributed by atoms with E-state index in [2.05, 4.69) is 63.1 Å². The van der Waals surface area contributed by atoms with Gasteiger partial charge >= 0.3 is 0 Å². The molecule has 1 amide bonds. The number of benzene rings is 1. The fraction of sp³-hybridized carbons (Fsp3) is 0.444. The summed E-state index contributed by atoms with van der Waals surface area (Å²) in [5, 5.41) is 0.736. The molecule has 8 nitrogen and oxygen atoms in total. The van der Waals surface area contributed by atoms with E-state index in [1.807, 2.05) is 17.9 Å². The highest BCUT2D eigenvalue weighted by atomic mass is 32.2. The summed E-state index contributed by atoms with van der Waals surface area (Å²) in [6.07, 6.45) is 0. The van der Waals surface area contributed by atoms with Crippen LogP contribution in [0.25, 0.3) is 0 Å². The van der Waals surface area contributed by atoms with Gasteiger partial charge in [0, 0.05) is 70.7 Å². The van der Waals surface area contributed by atoms with E-state index in [0.29, 0.717) is 11.5 Å². The van der Waals surface area contributed by atoms with E-state index in [0.717, 1.165) is 81.3 Å². The Morgan fingerprint density at radius 3 is 2.44 bits per heavy atom. The normalized spacial score (nSPS) is 17.5. The molecule has 0 atom stereocenters. The SMILES string of the molecule is Cc1cc(N2CCN(Cc3ccccc3)CC2)nc(SCc2ccc(C(=O)N3CCN(C)CC3)o2)n1. The number of aryl methyl sites for hydroxylation is 1. The second-order valence-corrected chi connectivity index (χ2v) is 10.5. The minimum Gasteiger partial charge on any atom is -0.455 e. The molecule has 0 saturated carbocycles. The summed E-state index contributed by atoms with van der Waals surface area (Å²) >= 11 is 1.54. The highest BCUT2D eigenvalue weighted by Crippen LogP contribution is 2.25. The summed E-state index contributed by atoms with van der Waals surface area (Å²) < 4.78 is 5.89.